The van der Waals surface area contributed by atoms with E-state index in [4.69, 9.17) is 5.26 Å². The van der Waals surface area contributed by atoms with E-state index in [1.807, 2.05) is 31.2 Å². The van der Waals surface area contributed by atoms with Crippen LogP contribution in [0.4, 0.5) is 0 Å². The molecule has 0 aliphatic heterocycles. The largest absolute Gasteiger partial charge is 0.506 e. The van der Waals surface area contributed by atoms with Crippen LogP contribution < -0.4 is 0 Å². The number of hydrogen-bond acceptors (Lipinski definition) is 2. The van der Waals surface area contributed by atoms with Crippen LogP contribution in [-0.4, -0.2) is 5.11 Å². The second-order valence-electron chi connectivity index (χ2n) is 3.84. The number of benzene rings is 2. The minimum Gasteiger partial charge on any atom is -0.506 e. The molecular formula is C14H13NO. The number of fused-ring (bicyclic) bond motifs is 1. The molecule has 0 saturated carbocycles. The van der Waals surface area contributed by atoms with Crippen LogP contribution in [0.1, 0.15) is 23.6 Å². The average Bonchev–Trinajstić information content (AvgIpc) is 2.30. The Hall–Kier alpha value is -2.01. The maximum atomic E-state index is 10.0. The lowest BCUT2D eigenvalue weighted by atomic mass is 9.93. The van der Waals surface area contributed by atoms with Gasteiger partial charge in [0.1, 0.15) is 11.8 Å². The summed E-state index contributed by atoms with van der Waals surface area (Å²) < 4.78 is 0. The first-order valence-electron chi connectivity index (χ1n) is 5.34. The highest BCUT2D eigenvalue weighted by Gasteiger charge is 2.14. The molecule has 2 aromatic carbocycles. The van der Waals surface area contributed by atoms with Gasteiger partial charge < -0.3 is 5.11 Å². The molecule has 80 valence electrons. The lowest BCUT2D eigenvalue weighted by Crippen LogP contribution is -1.94. The first-order chi connectivity index (χ1) is 7.70. The van der Waals surface area contributed by atoms with Crippen molar-refractivity contribution in [1.29, 1.82) is 5.26 Å². The quantitative estimate of drug-likeness (QED) is 0.786. The smallest absolute Gasteiger partial charge is 0.141 e. The summed E-state index contributed by atoms with van der Waals surface area (Å²) in [5.74, 6) is 0.104. The minimum absolute atomic E-state index is 0.104. The Morgan fingerprint density at radius 1 is 1.25 bits per heavy atom. The summed E-state index contributed by atoms with van der Waals surface area (Å²) in [4.78, 5) is 0. The average molecular weight is 211 g/mol. The van der Waals surface area contributed by atoms with Gasteiger partial charge in [0.2, 0.25) is 0 Å². The molecule has 0 aliphatic rings. The lowest BCUT2D eigenvalue weighted by molar-refractivity contribution is 0.479. The number of nitriles is 1. The molecule has 0 spiro atoms. The molecule has 2 rings (SSSR count). The van der Waals surface area contributed by atoms with Crippen molar-refractivity contribution < 1.29 is 5.11 Å². The minimum atomic E-state index is 0.104. The molecule has 0 aliphatic carbocycles. The van der Waals surface area contributed by atoms with Crippen LogP contribution >= 0.6 is 0 Å². The maximum absolute atomic E-state index is 10.0. The normalized spacial score (nSPS) is 10.3. The van der Waals surface area contributed by atoms with Gasteiger partial charge >= 0.3 is 0 Å². The molecule has 0 amide bonds. The molecule has 0 unspecified atom stereocenters. The van der Waals surface area contributed by atoms with Gasteiger partial charge in [-0.15, -0.1) is 0 Å². The van der Waals surface area contributed by atoms with E-state index >= 15 is 0 Å². The van der Waals surface area contributed by atoms with E-state index in [9.17, 15) is 5.11 Å². The second kappa shape index (κ2) is 3.86. The van der Waals surface area contributed by atoms with Gasteiger partial charge in [0, 0.05) is 5.39 Å². The van der Waals surface area contributed by atoms with Crippen molar-refractivity contribution in [2.45, 2.75) is 20.3 Å². The Kier molecular flexibility index (Phi) is 2.54. The highest BCUT2D eigenvalue weighted by molar-refractivity contribution is 5.94. The number of aromatic hydroxyl groups is 1. The van der Waals surface area contributed by atoms with E-state index in [0.717, 1.165) is 28.3 Å². The molecule has 1 N–H and O–H groups in total. The first kappa shape index (κ1) is 10.5. The van der Waals surface area contributed by atoms with E-state index in [1.54, 1.807) is 0 Å². The van der Waals surface area contributed by atoms with Crippen LogP contribution in [0.3, 0.4) is 0 Å². The van der Waals surface area contributed by atoms with E-state index in [2.05, 4.69) is 13.0 Å². The number of phenolic OH excluding ortho intramolecular Hbond substituents is 1. The number of rotatable bonds is 1. The van der Waals surface area contributed by atoms with Gasteiger partial charge in [-0.3, -0.25) is 0 Å². The zero-order valence-corrected chi connectivity index (χ0v) is 9.41. The molecule has 0 atom stereocenters. The SMILES string of the molecule is CCc1c(C)c(C#N)c(O)c2ccccc12. The third-order valence-electron chi connectivity index (χ3n) is 3.04. The number of hydrogen-bond donors (Lipinski definition) is 1. The van der Waals surface area contributed by atoms with E-state index in [1.165, 1.54) is 0 Å². The topological polar surface area (TPSA) is 44.0 Å². The van der Waals surface area contributed by atoms with Gasteiger partial charge in [0.25, 0.3) is 0 Å². The second-order valence-corrected chi connectivity index (χ2v) is 3.84. The van der Waals surface area contributed by atoms with Gasteiger partial charge in [0.15, 0.2) is 0 Å². The Labute approximate surface area is 94.8 Å². The van der Waals surface area contributed by atoms with E-state index in [-0.39, 0.29) is 5.75 Å². The van der Waals surface area contributed by atoms with Crippen LogP contribution in [0.5, 0.6) is 5.75 Å². The maximum Gasteiger partial charge on any atom is 0.141 e. The van der Waals surface area contributed by atoms with Crippen LogP contribution in [-0.2, 0) is 6.42 Å². The Bertz CT molecular complexity index is 579. The Balaban J connectivity index is 3.01. The molecular weight excluding hydrogens is 198 g/mol. The third-order valence-corrected chi connectivity index (χ3v) is 3.04. The van der Waals surface area contributed by atoms with Gasteiger partial charge in [-0.25, -0.2) is 0 Å². The fraction of sp³-hybridized carbons (Fsp3) is 0.214. The molecule has 16 heavy (non-hydrogen) atoms. The zero-order chi connectivity index (χ0) is 11.7. The summed E-state index contributed by atoms with van der Waals surface area (Å²) in [5, 5.41) is 20.9. The lowest BCUT2D eigenvalue weighted by Gasteiger charge is -2.12. The van der Waals surface area contributed by atoms with E-state index < -0.39 is 0 Å². The van der Waals surface area contributed by atoms with Crippen molar-refractivity contribution in [1.82, 2.24) is 0 Å². The van der Waals surface area contributed by atoms with Crippen molar-refractivity contribution in [2.75, 3.05) is 0 Å². The van der Waals surface area contributed by atoms with Gasteiger partial charge in [0.05, 0.1) is 5.56 Å². The van der Waals surface area contributed by atoms with E-state index in [0.29, 0.717) is 5.56 Å². The van der Waals surface area contributed by atoms with Crippen molar-refractivity contribution >= 4 is 10.8 Å². The van der Waals surface area contributed by atoms with Crippen LogP contribution in [0.25, 0.3) is 10.8 Å². The summed E-state index contributed by atoms with van der Waals surface area (Å²) in [6.45, 7) is 3.95. The van der Waals surface area contributed by atoms with Crippen molar-refractivity contribution in [3.05, 3.63) is 41.0 Å². The summed E-state index contributed by atoms with van der Waals surface area (Å²) in [5.41, 5.74) is 2.43. The summed E-state index contributed by atoms with van der Waals surface area (Å²) in [6.07, 6.45) is 0.862. The summed E-state index contributed by atoms with van der Waals surface area (Å²) >= 11 is 0. The molecule has 0 heterocycles. The molecule has 0 bridgehead atoms. The third kappa shape index (κ3) is 1.33. The predicted molar refractivity (Wildman–Crippen MR) is 64.4 cm³/mol. The standard InChI is InChI=1S/C14H13NO/c1-3-10-9(2)13(8-15)14(16)12-7-5-4-6-11(10)12/h4-7,16H,3H2,1-2H3. The number of nitrogens with zero attached hydrogens (tertiary/aromatic N) is 1. The van der Waals surface area contributed by atoms with Crippen molar-refractivity contribution in [3.63, 3.8) is 0 Å². The number of aryl methyl sites for hydroxylation is 1. The van der Waals surface area contributed by atoms with Crippen LogP contribution in [0.2, 0.25) is 0 Å². The monoisotopic (exact) mass is 211 g/mol. The fourth-order valence-electron chi connectivity index (χ4n) is 2.21. The van der Waals surface area contributed by atoms with Crippen molar-refractivity contribution in [3.8, 4) is 11.8 Å². The first-order valence-corrected chi connectivity index (χ1v) is 5.34. The Morgan fingerprint density at radius 3 is 2.44 bits per heavy atom. The molecule has 0 radical (unpaired) electrons. The molecule has 2 heteroatoms. The van der Waals surface area contributed by atoms with Crippen LogP contribution in [0, 0.1) is 18.3 Å². The van der Waals surface area contributed by atoms with Crippen molar-refractivity contribution in [2.24, 2.45) is 0 Å². The van der Waals surface area contributed by atoms with Gasteiger partial charge in [-0.1, -0.05) is 31.2 Å². The summed E-state index contributed by atoms with van der Waals surface area (Å²) in [6, 6.07) is 9.74. The molecule has 2 nitrogen and oxygen atoms in total. The predicted octanol–water partition coefficient (Wildman–Crippen LogP) is 3.29. The van der Waals surface area contributed by atoms with Gasteiger partial charge in [-0.05, 0) is 29.9 Å². The Morgan fingerprint density at radius 2 is 1.88 bits per heavy atom. The number of phenols is 1. The fourth-order valence-corrected chi connectivity index (χ4v) is 2.21. The summed E-state index contributed by atoms with van der Waals surface area (Å²) in [7, 11) is 0. The molecule has 2 aromatic rings. The zero-order valence-electron chi connectivity index (χ0n) is 9.41. The molecule has 0 fully saturated rings. The molecule has 0 aromatic heterocycles. The van der Waals surface area contributed by atoms with Gasteiger partial charge in [-0.2, -0.15) is 5.26 Å². The van der Waals surface area contributed by atoms with Crippen LogP contribution in [0.15, 0.2) is 24.3 Å². The highest BCUT2D eigenvalue weighted by Crippen LogP contribution is 2.34. The molecule has 0 saturated heterocycles. The highest BCUT2D eigenvalue weighted by atomic mass is 16.3.